The van der Waals surface area contributed by atoms with E-state index in [9.17, 15) is 13.2 Å². The Bertz CT molecular complexity index is 1290. The molecule has 1 fully saturated rings. The number of rotatable bonds is 8. The summed E-state index contributed by atoms with van der Waals surface area (Å²) in [4.78, 5) is 22.6. The van der Waals surface area contributed by atoms with Crippen molar-refractivity contribution in [3.8, 4) is 0 Å². The van der Waals surface area contributed by atoms with Crippen LogP contribution in [0.4, 0.5) is 5.13 Å². The second-order valence-electron chi connectivity index (χ2n) is 8.26. The number of anilines is 1. The Kier molecular flexibility index (Phi) is 7.89. The quantitative estimate of drug-likeness (QED) is 0.436. The molecular formula is C24H28ClN3O4S2. The molecule has 1 saturated heterocycles. The number of carbonyl (C=O) groups excluding carboxylic acids is 1. The van der Waals surface area contributed by atoms with Crippen LogP contribution in [0.2, 0.25) is 5.02 Å². The fraction of sp³-hybridized carbons (Fsp3) is 0.417. The lowest BCUT2D eigenvalue weighted by atomic mass is 10.2. The molecule has 0 radical (unpaired) electrons. The summed E-state index contributed by atoms with van der Waals surface area (Å²) in [6.07, 6.45) is 0.758. The van der Waals surface area contributed by atoms with Crippen LogP contribution < -0.4 is 4.90 Å². The van der Waals surface area contributed by atoms with Gasteiger partial charge in [-0.2, -0.15) is 0 Å². The molecule has 3 aromatic rings. The smallest absolute Gasteiger partial charge is 0.260 e. The molecule has 0 atom stereocenters. The Morgan fingerprint density at radius 2 is 2.00 bits per heavy atom. The van der Waals surface area contributed by atoms with E-state index in [4.69, 9.17) is 21.3 Å². The molecular weight excluding hydrogens is 494 g/mol. The van der Waals surface area contributed by atoms with Gasteiger partial charge < -0.3 is 4.74 Å². The number of thiazole rings is 1. The van der Waals surface area contributed by atoms with E-state index in [2.05, 4.69) is 4.90 Å². The van der Waals surface area contributed by atoms with E-state index in [0.29, 0.717) is 22.3 Å². The van der Waals surface area contributed by atoms with Gasteiger partial charge in [-0.25, -0.2) is 13.4 Å². The van der Waals surface area contributed by atoms with E-state index in [1.807, 2.05) is 19.1 Å². The van der Waals surface area contributed by atoms with Crippen molar-refractivity contribution < 1.29 is 17.9 Å². The first kappa shape index (κ1) is 25.1. The fourth-order valence-corrected chi connectivity index (χ4v) is 6.33. The van der Waals surface area contributed by atoms with Gasteiger partial charge in [0.2, 0.25) is 0 Å². The predicted molar refractivity (Wildman–Crippen MR) is 137 cm³/mol. The summed E-state index contributed by atoms with van der Waals surface area (Å²) < 4.78 is 31.1. The number of morpholine rings is 1. The summed E-state index contributed by atoms with van der Waals surface area (Å²) in [5, 5.41) is 1.21. The van der Waals surface area contributed by atoms with Crippen LogP contribution in [0.3, 0.4) is 0 Å². The van der Waals surface area contributed by atoms with E-state index in [-0.39, 0.29) is 16.6 Å². The van der Waals surface area contributed by atoms with Crippen LogP contribution in [0.1, 0.15) is 29.3 Å². The lowest BCUT2D eigenvalue weighted by molar-refractivity contribution is 0.0376. The van der Waals surface area contributed by atoms with Gasteiger partial charge in [-0.1, -0.05) is 35.9 Å². The molecule has 1 aliphatic rings. The molecule has 0 saturated carbocycles. The average Bonchev–Trinajstić information content (AvgIpc) is 3.26. The number of fused-ring (bicyclic) bond motifs is 1. The van der Waals surface area contributed by atoms with Crippen molar-refractivity contribution >= 4 is 54.0 Å². The molecule has 2 aromatic carbocycles. The van der Waals surface area contributed by atoms with E-state index >= 15 is 0 Å². The number of aryl methyl sites for hydroxylation is 1. The van der Waals surface area contributed by atoms with Gasteiger partial charge in [-0.15, -0.1) is 0 Å². The van der Waals surface area contributed by atoms with Gasteiger partial charge in [0, 0.05) is 36.8 Å². The first-order valence-corrected chi connectivity index (χ1v) is 14.1. The SMILES string of the molecule is CCS(=O)(=O)c1cccc(C(=O)N(CCCN2CCOCC2)c2nc3c(C)cc(Cl)cc3s2)c1. The van der Waals surface area contributed by atoms with E-state index in [0.717, 1.165) is 55.0 Å². The van der Waals surface area contributed by atoms with Crippen molar-refractivity contribution in [2.75, 3.05) is 50.0 Å². The highest BCUT2D eigenvalue weighted by Gasteiger charge is 2.24. The third kappa shape index (κ3) is 5.60. The van der Waals surface area contributed by atoms with Crippen LogP contribution >= 0.6 is 22.9 Å². The van der Waals surface area contributed by atoms with Crippen molar-refractivity contribution in [3.63, 3.8) is 0 Å². The highest BCUT2D eigenvalue weighted by Crippen LogP contribution is 2.34. The monoisotopic (exact) mass is 521 g/mol. The zero-order valence-corrected chi connectivity index (χ0v) is 21.7. The van der Waals surface area contributed by atoms with Crippen molar-refractivity contribution in [1.29, 1.82) is 0 Å². The average molecular weight is 522 g/mol. The molecule has 1 aliphatic heterocycles. The zero-order valence-electron chi connectivity index (χ0n) is 19.3. The minimum atomic E-state index is -3.42. The minimum Gasteiger partial charge on any atom is -0.379 e. The Morgan fingerprint density at radius 3 is 2.74 bits per heavy atom. The van der Waals surface area contributed by atoms with Crippen molar-refractivity contribution in [3.05, 3.63) is 52.5 Å². The summed E-state index contributed by atoms with van der Waals surface area (Å²) in [5.41, 5.74) is 2.09. The third-order valence-electron chi connectivity index (χ3n) is 5.89. The summed E-state index contributed by atoms with van der Waals surface area (Å²) >= 11 is 7.66. The number of sulfone groups is 1. The van der Waals surface area contributed by atoms with Crippen LogP contribution in [0.25, 0.3) is 10.2 Å². The standard InChI is InChI=1S/C24H28ClN3O4S2/c1-3-34(30,31)20-7-4-6-18(15-20)23(29)28(9-5-8-27-10-12-32-13-11-27)24-26-22-17(2)14-19(25)16-21(22)33-24/h4,6-7,14-16H,3,5,8-13H2,1-2H3. The van der Waals surface area contributed by atoms with Crippen molar-refractivity contribution in [2.24, 2.45) is 0 Å². The van der Waals surface area contributed by atoms with Crippen LogP contribution in [-0.4, -0.2) is 69.4 Å². The Labute approximate surface area is 209 Å². The van der Waals surface area contributed by atoms with Crippen LogP contribution in [-0.2, 0) is 14.6 Å². The molecule has 1 amide bonds. The number of amides is 1. The molecule has 1 aromatic heterocycles. The Morgan fingerprint density at radius 1 is 1.24 bits per heavy atom. The van der Waals surface area contributed by atoms with Gasteiger partial charge in [0.25, 0.3) is 5.91 Å². The molecule has 0 bridgehead atoms. The van der Waals surface area contributed by atoms with Crippen LogP contribution in [0.5, 0.6) is 0 Å². The number of aromatic nitrogens is 1. The normalized spacial score (nSPS) is 15.0. The molecule has 10 heteroatoms. The molecule has 0 unspecified atom stereocenters. The Balaban J connectivity index is 1.65. The number of benzene rings is 2. The van der Waals surface area contributed by atoms with E-state index in [1.54, 1.807) is 24.0 Å². The molecule has 7 nitrogen and oxygen atoms in total. The molecule has 2 heterocycles. The van der Waals surface area contributed by atoms with Crippen molar-refractivity contribution in [2.45, 2.75) is 25.2 Å². The largest absolute Gasteiger partial charge is 0.379 e. The molecule has 34 heavy (non-hydrogen) atoms. The second kappa shape index (κ2) is 10.7. The van der Waals surface area contributed by atoms with Crippen LogP contribution in [0.15, 0.2) is 41.3 Å². The summed E-state index contributed by atoms with van der Waals surface area (Å²) in [6, 6.07) is 9.98. The third-order valence-corrected chi connectivity index (χ3v) is 8.87. The molecule has 0 N–H and O–H groups in total. The molecule has 0 spiro atoms. The van der Waals surface area contributed by atoms with E-state index in [1.165, 1.54) is 23.5 Å². The minimum absolute atomic E-state index is 0.0220. The zero-order chi connectivity index (χ0) is 24.3. The molecule has 182 valence electrons. The summed E-state index contributed by atoms with van der Waals surface area (Å²) in [7, 11) is -3.42. The number of carbonyl (C=O) groups is 1. The maximum Gasteiger partial charge on any atom is 0.260 e. The van der Waals surface area contributed by atoms with Crippen LogP contribution in [0, 0.1) is 6.92 Å². The maximum atomic E-state index is 13.7. The Hall–Kier alpha value is -2.04. The second-order valence-corrected chi connectivity index (χ2v) is 12.0. The number of halogens is 1. The first-order chi connectivity index (χ1) is 16.3. The maximum absolute atomic E-state index is 13.7. The van der Waals surface area contributed by atoms with Gasteiger partial charge in [0.05, 0.1) is 34.1 Å². The highest BCUT2D eigenvalue weighted by atomic mass is 35.5. The van der Waals surface area contributed by atoms with Gasteiger partial charge in [0.15, 0.2) is 15.0 Å². The topological polar surface area (TPSA) is 79.8 Å². The predicted octanol–water partition coefficient (Wildman–Crippen LogP) is 4.42. The number of hydrogen-bond acceptors (Lipinski definition) is 7. The summed E-state index contributed by atoms with van der Waals surface area (Å²) in [5.74, 6) is -0.288. The molecule has 4 rings (SSSR count). The first-order valence-electron chi connectivity index (χ1n) is 11.3. The molecule has 0 aliphatic carbocycles. The number of ether oxygens (including phenoxy) is 1. The number of nitrogens with zero attached hydrogens (tertiary/aromatic N) is 3. The van der Waals surface area contributed by atoms with Gasteiger partial charge >= 0.3 is 0 Å². The lowest BCUT2D eigenvalue weighted by Gasteiger charge is -2.27. The highest BCUT2D eigenvalue weighted by molar-refractivity contribution is 7.91. The van der Waals surface area contributed by atoms with Gasteiger partial charge in [-0.05, 0) is 49.2 Å². The van der Waals surface area contributed by atoms with E-state index < -0.39 is 9.84 Å². The number of hydrogen-bond donors (Lipinski definition) is 0. The van der Waals surface area contributed by atoms with Gasteiger partial charge in [0.1, 0.15) is 0 Å². The van der Waals surface area contributed by atoms with Crippen molar-refractivity contribution in [1.82, 2.24) is 9.88 Å². The summed E-state index contributed by atoms with van der Waals surface area (Å²) in [6.45, 7) is 8.05. The lowest BCUT2D eigenvalue weighted by Crippen LogP contribution is -2.39. The fourth-order valence-electron chi connectivity index (χ4n) is 3.96. The van der Waals surface area contributed by atoms with Gasteiger partial charge in [-0.3, -0.25) is 14.6 Å².